The first-order valence-electron chi connectivity index (χ1n) is 6.08. The van der Waals surface area contributed by atoms with E-state index < -0.39 is 0 Å². The molecule has 18 heavy (non-hydrogen) atoms. The van der Waals surface area contributed by atoms with E-state index in [1.807, 2.05) is 6.07 Å². The zero-order valence-corrected chi connectivity index (χ0v) is 12.4. The first-order valence-corrected chi connectivity index (χ1v) is 7.07. The summed E-state index contributed by atoms with van der Waals surface area (Å²) in [6.07, 6.45) is 0. The van der Waals surface area contributed by atoms with Gasteiger partial charge in [0.25, 0.3) is 0 Å². The van der Waals surface area contributed by atoms with Crippen LogP contribution in [0, 0.1) is 5.82 Å². The first-order chi connectivity index (χ1) is 8.44. The number of hydrogen-bond acceptors (Lipinski definition) is 3. The maximum absolute atomic E-state index is 13.8. The van der Waals surface area contributed by atoms with Gasteiger partial charge in [-0.2, -0.15) is 0 Å². The zero-order valence-electron chi connectivity index (χ0n) is 11.5. The van der Waals surface area contributed by atoms with Gasteiger partial charge in [-0.15, -0.1) is 11.8 Å². The number of halogens is 1. The van der Waals surface area contributed by atoms with E-state index in [1.54, 1.807) is 13.2 Å². The highest BCUT2D eigenvalue weighted by atomic mass is 32.2. The minimum Gasteiger partial charge on any atom is -0.384 e. The van der Waals surface area contributed by atoms with Crippen molar-refractivity contribution in [2.75, 3.05) is 19.5 Å². The molecular weight excluding hydrogens is 249 g/mol. The van der Waals surface area contributed by atoms with Gasteiger partial charge in [-0.05, 0) is 32.4 Å². The fourth-order valence-corrected chi connectivity index (χ4v) is 2.43. The van der Waals surface area contributed by atoms with Crippen LogP contribution in [0.25, 0.3) is 0 Å². The molecule has 1 rings (SSSR count). The van der Waals surface area contributed by atoms with Crippen LogP contribution in [-0.4, -0.2) is 25.0 Å². The van der Waals surface area contributed by atoms with Gasteiger partial charge in [-0.1, -0.05) is 12.1 Å². The number of hydrogen-bond donors (Lipinski definition) is 1. The van der Waals surface area contributed by atoms with Crippen molar-refractivity contribution in [3.63, 3.8) is 0 Å². The third kappa shape index (κ3) is 5.38. The molecule has 0 amide bonds. The summed E-state index contributed by atoms with van der Waals surface area (Å²) in [5, 5.41) is 3.38. The summed E-state index contributed by atoms with van der Waals surface area (Å²) in [4.78, 5) is 0.728. The normalized spacial score (nSPS) is 11.8. The molecule has 0 aliphatic carbocycles. The van der Waals surface area contributed by atoms with Gasteiger partial charge in [0.15, 0.2) is 0 Å². The number of thioether (sulfide) groups is 1. The Bertz CT molecular complexity index is 377. The van der Waals surface area contributed by atoms with E-state index in [0.717, 1.165) is 16.2 Å². The predicted octanol–water partition coefficient (Wildman–Crippen LogP) is 3.45. The third-order valence-electron chi connectivity index (χ3n) is 2.39. The van der Waals surface area contributed by atoms with E-state index in [-0.39, 0.29) is 11.4 Å². The molecule has 0 aliphatic rings. The largest absolute Gasteiger partial charge is 0.384 e. The summed E-state index contributed by atoms with van der Waals surface area (Å²) in [6, 6.07) is 5.24. The van der Waals surface area contributed by atoms with Crippen molar-refractivity contribution in [3.05, 3.63) is 29.6 Å². The molecule has 0 aliphatic heterocycles. The maximum Gasteiger partial charge on any atom is 0.137 e. The highest BCUT2D eigenvalue weighted by Gasteiger charge is 2.13. The van der Waals surface area contributed by atoms with Crippen LogP contribution in [0.1, 0.15) is 26.3 Å². The Kier molecular flexibility index (Phi) is 6.12. The van der Waals surface area contributed by atoms with Gasteiger partial charge in [0.1, 0.15) is 5.82 Å². The second kappa shape index (κ2) is 7.12. The van der Waals surface area contributed by atoms with Crippen LogP contribution in [0.3, 0.4) is 0 Å². The van der Waals surface area contributed by atoms with Gasteiger partial charge < -0.3 is 10.1 Å². The van der Waals surface area contributed by atoms with E-state index in [0.29, 0.717) is 13.2 Å². The minimum absolute atomic E-state index is 0.0286. The Hall–Kier alpha value is -0.580. The van der Waals surface area contributed by atoms with Crippen molar-refractivity contribution in [3.8, 4) is 0 Å². The van der Waals surface area contributed by atoms with Crippen LogP contribution in [0.5, 0.6) is 0 Å². The lowest BCUT2D eigenvalue weighted by Gasteiger charge is -2.21. The number of benzene rings is 1. The monoisotopic (exact) mass is 271 g/mol. The summed E-state index contributed by atoms with van der Waals surface area (Å²) in [6.45, 7) is 7.61. The average molecular weight is 271 g/mol. The number of rotatable bonds is 6. The lowest BCUT2D eigenvalue weighted by Crippen LogP contribution is -2.35. The van der Waals surface area contributed by atoms with Gasteiger partial charge >= 0.3 is 0 Å². The van der Waals surface area contributed by atoms with E-state index in [4.69, 9.17) is 4.74 Å². The fourth-order valence-electron chi connectivity index (χ4n) is 1.44. The van der Waals surface area contributed by atoms with E-state index >= 15 is 0 Å². The molecule has 4 heteroatoms. The second-order valence-corrected chi connectivity index (χ2v) is 6.28. The molecule has 0 saturated heterocycles. The number of ether oxygens (including phenoxy) is 1. The van der Waals surface area contributed by atoms with E-state index in [1.165, 1.54) is 17.8 Å². The Morgan fingerprint density at radius 1 is 1.33 bits per heavy atom. The summed E-state index contributed by atoms with van der Waals surface area (Å²) >= 11 is 1.51. The standard InChI is InChI=1S/C14H22FNOS/c1-14(2,3)16-10-11-6-5-7-12(15)13(11)18-9-8-17-4/h5-7,16H,8-10H2,1-4H3. The van der Waals surface area contributed by atoms with Crippen molar-refractivity contribution in [2.45, 2.75) is 37.8 Å². The first kappa shape index (κ1) is 15.5. The molecule has 0 fully saturated rings. The third-order valence-corrected chi connectivity index (χ3v) is 3.51. The Morgan fingerprint density at radius 2 is 2.06 bits per heavy atom. The average Bonchev–Trinajstić information content (AvgIpc) is 2.28. The summed E-state index contributed by atoms with van der Waals surface area (Å²) < 4.78 is 18.8. The SMILES string of the molecule is COCCSc1c(F)cccc1CNC(C)(C)C. The van der Waals surface area contributed by atoms with Gasteiger partial charge in [-0.3, -0.25) is 0 Å². The predicted molar refractivity (Wildman–Crippen MR) is 75.6 cm³/mol. The summed E-state index contributed by atoms with van der Waals surface area (Å²) in [5.74, 6) is 0.615. The van der Waals surface area contributed by atoms with Gasteiger partial charge in [0.2, 0.25) is 0 Å². The van der Waals surface area contributed by atoms with Crippen LogP contribution in [0.2, 0.25) is 0 Å². The quantitative estimate of drug-likeness (QED) is 0.632. The Balaban J connectivity index is 2.73. The van der Waals surface area contributed by atoms with Crippen molar-refractivity contribution >= 4 is 11.8 Å². The molecule has 0 aromatic heterocycles. The van der Waals surface area contributed by atoms with Gasteiger partial charge in [0, 0.05) is 29.8 Å². The minimum atomic E-state index is -0.149. The molecule has 0 spiro atoms. The van der Waals surface area contributed by atoms with Crippen LogP contribution in [-0.2, 0) is 11.3 Å². The second-order valence-electron chi connectivity index (χ2n) is 5.17. The fraction of sp³-hybridized carbons (Fsp3) is 0.571. The van der Waals surface area contributed by atoms with Gasteiger partial charge in [0.05, 0.1) is 6.61 Å². The molecule has 2 nitrogen and oxygen atoms in total. The Labute approximate surface area is 113 Å². The van der Waals surface area contributed by atoms with Gasteiger partial charge in [-0.25, -0.2) is 4.39 Å². The number of nitrogens with one attached hydrogen (secondary N) is 1. The Morgan fingerprint density at radius 3 is 2.67 bits per heavy atom. The molecule has 0 atom stereocenters. The summed E-state index contributed by atoms with van der Waals surface area (Å²) in [5.41, 5.74) is 1.03. The molecule has 0 unspecified atom stereocenters. The van der Waals surface area contributed by atoms with Crippen molar-refractivity contribution in [2.24, 2.45) is 0 Å². The van der Waals surface area contributed by atoms with Crippen molar-refractivity contribution in [1.29, 1.82) is 0 Å². The molecule has 102 valence electrons. The van der Waals surface area contributed by atoms with Crippen molar-refractivity contribution < 1.29 is 9.13 Å². The van der Waals surface area contributed by atoms with E-state index in [2.05, 4.69) is 26.1 Å². The summed E-state index contributed by atoms with van der Waals surface area (Å²) in [7, 11) is 1.66. The zero-order chi connectivity index (χ0) is 13.6. The topological polar surface area (TPSA) is 21.3 Å². The number of methoxy groups -OCH3 is 1. The highest BCUT2D eigenvalue weighted by Crippen LogP contribution is 2.26. The molecule has 0 heterocycles. The molecule has 0 saturated carbocycles. The van der Waals surface area contributed by atoms with E-state index in [9.17, 15) is 4.39 Å². The molecule has 1 aromatic carbocycles. The molecule has 0 bridgehead atoms. The smallest absolute Gasteiger partial charge is 0.137 e. The molecule has 1 N–H and O–H groups in total. The van der Waals surface area contributed by atoms with Crippen LogP contribution in [0.4, 0.5) is 4.39 Å². The lowest BCUT2D eigenvalue weighted by molar-refractivity contribution is 0.218. The highest BCUT2D eigenvalue weighted by molar-refractivity contribution is 7.99. The van der Waals surface area contributed by atoms with Crippen LogP contribution < -0.4 is 5.32 Å². The molecule has 0 radical (unpaired) electrons. The van der Waals surface area contributed by atoms with Crippen LogP contribution >= 0.6 is 11.8 Å². The molecular formula is C14H22FNOS. The maximum atomic E-state index is 13.8. The van der Waals surface area contributed by atoms with Crippen molar-refractivity contribution in [1.82, 2.24) is 5.32 Å². The van der Waals surface area contributed by atoms with Crippen LogP contribution in [0.15, 0.2) is 23.1 Å². The molecule has 1 aromatic rings. The lowest BCUT2D eigenvalue weighted by atomic mass is 10.1.